The third-order valence-corrected chi connectivity index (χ3v) is 6.21. The van der Waals surface area contributed by atoms with E-state index in [1.54, 1.807) is 24.3 Å². The smallest absolute Gasteiger partial charge is 0.340 e. The van der Waals surface area contributed by atoms with Gasteiger partial charge in [-0.1, -0.05) is 60.7 Å². The average molecular weight is 545 g/mol. The Hall–Kier alpha value is -5.83. The zero-order valence-corrected chi connectivity index (χ0v) is 21.7. The highest BCUT2D eigenvalue weighted by Crippen LogP contribution is 2.26. The van der Waals surface area contributed by atoms with Crippen LogP contribution in [0.4, 0.5) is 11.4 Å². The molecule has 0 spiro atoms. The van der Waals surface area contributed by atoms with Gasteiger partial charge in [-0.15, -0.1) is 0 Å². The SMILES string of the molecule is NC(=O)c1ccc(NC(=O)COC(=O)c2ccccc2NC(=O)c2cc(-c3ccccc3)nc3ccccc23)cc1. The van der Waals surface area contributed by atoms with Crippen LogP contribution < -0.4 is 16.4 Å². The lowest BCUT2D eigenvalue weighted by molar-refractivity contribution is -0.119. The van der Waals surface area contributed by atoms with Gasteiger partial charge in [-0.25, -0.2) is 9.78 Å². The van der Waals surface area contributed by atoms with Crippen molar-refractivity contribution in [1.82, 2.24) is 4.98 Å². The number of carbonyl (C=O) groups excluding carboxylic acids is 4. The quantitative estimate of drug-likeness (QED) is 0.234. The van der Waals surface area contributed by atoms with Crippen molar-refractivity contribution in [3.05, 3.63) is 126 Å². The number of carbonyl (C=O) groups is 4. The second-order valence-corrected chi connectivity index (χ2v) is 9.00. The van der Waals surface area contributed by atoms with Crippen molar-refractivity contribution in [1.29, 1.82) is 0 Å². The van der Waals surface area contributed by atoms with Crippen LogP contribution in [0, 0.1) is 0 Å². The Morgan fingerprint density at radius 2 is 1.41 bits per heavy atom. The average Bonchev–Trinajstić information content (AvgIpc) is 3.00. The number of hydrogen-bond donors (Lipinski definition) is 3. The maximum Gasteiger partial charge on any atom is 0.340 e. The summed E-state index contributed by atoms with van der Waals surface area (Å²) >= 11 is 0. The summed E-state index contributed by atoms with van der Waals surface area (Å²) in [5, 5.41) is 6.05. The molecule has 0 fully saturated rings. The Labute approximate surface area is 235 Å². The number of nitrogens with zero attached hydrogens (tertiary/aromatic N) is 1. The van der Waals surface area contributed by atoms with E-state index in [0.717, 1.165) is 5.56 Å². The summed E-state index contributed by atoms with van der Waals surface area (Å²) in [6.07, 6.45) is 0. The first-order valence-corrected chi connectivity index (χ1v) is 12.6. The van der Waals surface area contributed by atoms with Crippen LogP contribution >= 0.6 is 0 Å². The van der Waals surface area contributed by atoms with Crippen LogP contribution in [0.15, 0.2) is 109 Å². The molecular formula is C32H24N4O5. The van der Waals surface area contributed by atoms with E-state index < -0.39 is 30.3 Å². The minimum Gasteiger partial charge on any atom is -0.452 e. The fourth-order valence-electron chi connectivity index (χ4n) is 4.20. The van der Waals surface area contributed by atoms with Crippen molar-refractivity contribution in [2.24, 2.45) is 5.73 Å². The summed E-state index contributed by atoms with van der Waals surface area (Å²) in [7, 11) is 0. The maximum absolute atomic E-state index is 13.5. The lowest BCUT2D eigenvalue weighted by atomic mass is 10.0. The third-order valence-electron chi connectivity index (χ3n) is 6.21. The Bertz CT molecular complexity index is 1770. The lowest BCUT2D eigenvalue weighted by Crippen LogP contribution is -2.22. The van der Waals surface area contributed by atoms with E-state index in [4.69, 9.17) is 15.5 Å². The molecule has 0 aliphatic carbocycles. The molecule has 41 heavy (non-hydrogen) atoms. The van der Waals surface area contributed by atoms with E-state index in [1.165, 1.54) is 30.3 Å². The van der Waals surface area contributed by atoms with E-state index in [9.17, 15) is 19.2 Å². The molecule has 9 nitrogen and oxygen atoms in total. The van der Waals surface area contributed by atoms with Gasteiger partial charge in [-0.2, -0.15) is 0 Å². The van der Waals surface area contributed by atoms with Crippen LogP contribution in [-0.2, 0) is 9.53 Å². The highest BCUT2D eigenvalue weighted by atomic mass is 16.5. The monoisotopic (exact) mass is 544 g/mol. The number of fused-ring (bicyclic) bond motifs is 1. The van der Waals surface area contributed by atoms with Crippen molar-refractivity contribution in [3.63, 3.8) is 0 Å². The number of esters is 1. The molecule has 0 radical (unpaired) electrons. The van der Waals surface area contributed by atoms with Gasteiger partial charge in [0.1, 0.15) is 0 Å². The van der Waals surface area contributed by atoms with Crippen LogP contribution in [0.2, 0.25) is 0 Å². The molecule has 5 rings (SSSR count). The molecule has 0 saturated carbocycles. The van der Waals surface area contributed by atoms with E-state index in [0.29, 0.717) is 33.4 Å². The van der Waals surface area contributed by atoms with Gasteiger partial charge in [0.15, 0.2) is 6.61 Å². The van der Waals surface area contributed by atoms with Gasteiger partial charge in [0, 0.05) is 22.2 Å². The molecule has 9 heteroatoms. The molecule has 3 amide bonds. The summed E-state index contributed by atoms with van der Waals surface area (Å²) in [4.78, 5) is 54.7. The topological polar surface area (TPSA) is 140 Å². The molecule has 0 saturated heterocycles. The summed E-state index contributed by atoms with van der Waals surface area (Å²) in [6.45, 7) is -0.561. The van der Waals surface area contributed by atoms with Gasteiger partial charge in [0.2, 0.25) is 5.91 Å². The first kappa shape index (κ1) is 26.8. The van der Waals surface area contributed by atoms with E-state index in [-0.39, 0.29) is 11.3 Å². The normalized spacial score (nSPS) is 10.5. The predicted molar refractivity (Wildman–Crippen MR) is 155 cm³/mol. The molecule has 202 valence electrons. The van der Waals surface area contributed by atoms with Crippen molar-refractivity contribution < 1.29 is 23.9 Å². The maximum atomic E-state index is 13.5. The summed E-state index contributed by atoms with van der Waals surface area (Å²) in [5.74, 6) is -2.39. The zero-order chi connectivity index (χ0) is 28.8. The number of rotatable bonds is 8. The number of amides is 3. The van der Waals surface area contributed by atoms with Crippen LogP contribution in [0.25, 0.3) is 22.2 Å². The largest absolute Gasteiger partial charge is 0.452 e. The minimum absolute atomic E-state index is 0.0844. The van der Waals surface area contributed by atoms with Gasteiger partial charge < -0.3 is 21.1 Å². The Morgan fingerprint density at radius 1 is 0.732 bits per heavy atom. The fourth-order valence-corrected chi connectivity index (χ4v) is 4.20. The number of nitrogens with two attached hydrogens (primary N) is 1. The molecule has 0 aliphatic heterocycles. The molecule has 1 heterocycles. The van der Waals surface area contributed by atoms with Crippen molar-refractivity contribution in [3.8, 4) is 11.3 Å². The number of anilines is 2. The second kappa shape index (κ2) is 11.9. The molecule has 0 bridgehead atoms. The molecule has 0 unspecified atom stereocenters. The van der Waals surface area contributed by atoms with Crippen molar-refractivity contribution in [2.45, 2.75) is 0 Å². The Balaban J connectivity index is 1.32. The predicted octanol–water partition coefficient (Wildman–Crippen LogP) is 5.05. The molecule has 4 N–H and O–H groups in total. The molecule has 1 aromatic heterocycles. The van der Waals surface area contributed by atoms with Gasteiger partial charge >= 0.3 is 5.97 Å². The highest BCUT2D eigenvalue weighted by molar-refractivity contribution is 6.14. The van der Waals surface area contributed by atoms with Crippen molar-refractivity contribution in [2.75, 3.05) is 17.2 Å². The number of primary amides is 1. The fraction of sp³-hybridized carbons (Fsp3) is 0.0312. The Morgan fingerprint density at radius 3 is 2.17 bits per heavy atom. The summed E-state index contributed by atoms with van der Waals surface area (Å²) in [6, 6.07) is 30.9. The number of para-hydroxylation sites is 2. The minimum atomic E-state index is -0.787. The summed E-state index contributed by atoms with van der Waals surface area (Å²) in [5.41, 5.74) is 8.77. The van der Waals surface area contributed by atoms with Crippen molar-refractivity contribution >= 4 is 46.0 Å². The number of benzene rings is 4. The Kier molecular flexibility index (Phi) is 7.78. The molecule has 0 atom stereocenters. The lowest BCUT2D eigenvalue weighted by Gasteiger charge is -2.13. The standard InChI is InChI=1S/C32H24N4O5/c33-30(38)21-14-16-22(17-15-21)34-29(37)19-41-32(40)24-11-5-7-13-27(24)36-31(39)25-18-28(20-8-2-1-3-9-20)35-26-12-6-4-10-23(25)26/h1-18H,19H2,(H2,33,38)(H,34,37)(H,36,39). The van der Waals surface area contributed by atoms with Gasteiger partial charge in [0.25, 0.3) is 11.8 Å². The highest BCUT2D eigenvalue weighted by Gasteiger charge is 2.19. The number of nitrogens with one attached hydrogen (secondary N) is 2. The number of aromatic nitrogens is 1. The first-order valence-electron chi connectivity index (χ1n) is 12.6. The molecular weight excluding hydrogens is 520 g/mol. The number of hydrogen-bond acceptors (Lipinski definition) is 6. The van der Waals surface area contributed by atoms with E-state index in [2.05, 4.69) is 10.6 Å². The third kappa shape index (κ3) is 6.26. The molecule has 0 aliphatic rings. The number of ether oxygens (including phenoxy) is 1. The van der Waals surface area contributed by atoms with Gasteiger partial charge in [-0.05, 0) is 48.5 Å². The first-order chi connectivity index (χ1) is 19.9. The molecule has 5 aromatic rings. The van der Waals surface area contributed by atoms with Crippen LogP contribution in [0.5, 0.6) is 0 Å². The zero-order valence-electron chi connectivity index (χ0n) is 21.7. The van der Waals surface area contributed by atoms with E-state index in [1.807, 2.05) is 54.6 Å². The molecule has 4 aromatic carbocycles. The summed E-state index contributed by atoms with van der Waals surface area (Å²) < 4.78 is 5.21. The van der Waals surface area contributed by atoms with Gasteiger partial charge in [0.05, 0.1) is 28.0 Å². The van der Waals surface area contributed by atoms with Gasteiger partial charge in [-0.3, -0.25) is 14.4 Å². The van der Waals surface area contributed by atoms with Crippen LogP contribution in [0.3, 0.4) is 0 Å². The number of pyridine rings is 1. The second-order valence-electron chi connectivity index (χ2n) is 9.00. The van der Waals surface area contributed by atoms with Crippen LogP contribution in [0.1, 0.15) is 31.1 Å². The van der Waals surface area contributed by atoms with Crippen LogP contribution in [-0.4, -0.2) is 35.3 Å². The van der Waals surface area contributed by atoms with E-state index >= 15 is 0 Å².